The molecule has 0 amide bonds. The number of H-pyrrole nitrogens is 2. The van der Waals surface area contributed by atoms with Crippen LogP contribution in [0.15, 0.2) is 40.1 Å². The van der Waals surface area contributed by atoms with E-state index in [1.165, 1.54) is 30.5 Å². The molecule has 15 heavy (non-hydrogen) atoms. The van der Waals surface area contributed by atoms with Gasteiger partial charge in [0.1, 0.15) is 5.82 Å². The lowest BCUT2D eigenvalue weighted by Gasteiger charge is -1.98. The van der Waals surface area contributed by atoms with Crippen molar-refractivity contribution in [1.82, 2.24) is 9.97 Å². The quantitative estimate of drug-likeness (QED) is 0.727. The highest BCUT2D eigenvalue weighted by Crippen LogP contribution is 2.13. The second-order valence-electron chi connectivity index (χ2n) is 2.99. The molecular formula is C10H7FN2O2. The first-order valence-corrected chi connectivity index (χ1v) is 4.25. The third kappa shape index (κ3) is 1.85. The van der Waals surface area contributed by atoms with Gasteiger partial charge in [0, 0.05) is 6.20 Å². The molecule has 5 heteroatoms. The number of halogens is 1. The molecule has 0 fully saturated rings. The molecular weight excluding hydrogens is 199 g/mol. The van der Waals surface area contributed by atoms with Crippen molar-refractivity contribution in [2.45, 2.75) is 0 Å². The molecule has 1 aromatic heterocycles. The Morgan fingerprint density at radius 1 is 1.07 bits per heavy atom. The van der Waals surface area contributed by atoms with E-state index in [1.807, 2.05) is 0 Å². The first kappa shape index (κ1) is 9.39. The number of hydrogen-bond donors (Lipinski definition) is 2. The maximum absolute atomic E-state index is 12.6. The number of nitrogens with one attached hydrogen (secondary N) is 2. The van der Waals surface area contributed by atoms with Crippen LogP contribution in [0.3, 0.4) is 0 Å². The van der Waals surface area contributed by atoms with Crippen LogP contribution in [-0.4, -0.2) is 9.97 Å². The van der Waals surface area contributed by atoms with Crippen LogP contribution in [0, 0.1) is 5.82 Å². The van der Waals surface area contributed by atoms with Gasteiger partial charge in [0.05, 0.1) is 5.56 Å². The van der Waals surface area contributed by atoms with Crippen molar-refractivity contribution in [3.63, 3.8) is 0 Å². The fourth-order valence-electron chi connectivity index (χ4n) is 1.25. The van der Waals surface area contributed by atoms with Crippen molar-refractivity contribution in [3.05, 3.63) is 57.1 Å². The third-order valence-corrected chi connectivity index (χ3v) is 1.97. The minimum Gasteiger partial charge on any atom is -0.313 e. The maximum Gasteiger partial charge on any atom is 0.325 e. The van der Waals surface area contributed by atoms with E-state index in [2.05, 4.69) is 9.97 Å². The van der Waals surface area contributed by atoms with Gasteiger partial charge in [-0.05, 0) is 17.7 Å². The van der Waals surface area contributed by atoms with Gasteiger partial charge in [0.2, 0.25) is 0 Å². The molecule has 0 atom stereocenters. The summed E-state index contributed by atoms with van der Waals surface area (Å²) in [5.41, 5.74) is -0.209. The average Bonchev–Trinajstić information content (AvgIpc) is 2.20. The van der Waals surface area contributed by atoms with Gasteiger partial charge in [0.15, 0.2) is 0 Å². The minimum atomic E-state index is -0.564. The highest BCUT2D eigenvalue weighted by molar-refractivity contribution is 5.60. The molecule has 0 aliphatic rings. The van der Waals surface area contributed by atoms with E-state index in [0.29, 0.717) is 11.1 Å². The van der Waals surface area contributed by atoms with Crippen molar-refractivity contribution in [2.24, 2.45) is 0 Å². The minimum absolute atomic E-state index is 0.301. The summed E-state index contributed by atoms with van der Waals surface area (Å²) in [7, 11) is 0. The van der Waals surface area contributed by atoms with E-state index in [0.717, 1.165) is 0 Å². The second kappa shape index (κ2) is 3.53. The second-order valence-corrected chi connectivity index (χ2v) is 2.99. The molecule has 0 unspecified atom stereocenters. The molecule has 2 aromatic rings. The van der Waals surface area contributed by atoms with E-state index in [1.54, 1.807) is 0 Å². The zero-order valence-electron chi connectivity index (χ0n) is 7.58. The summed E-state index contributed by atoms with van der Waals surface area (Å²) < 4.78 is 12.6. The predicted octanol–water partition coefficient (Wildman–Crippen LogP) is 0.869. The number of benzene rings is 1. The van der Waals surface area contributed by atoms with Gasteiger partial charge in [-0.15, -0.1) is 0 Å². The Balaban J connectivity index is 2.59. The Kier molecular flexibility index (Phi) is 2.21. The average molecular weight is 206 g/mol. The van der Waals surface area contributed by atoms with E-state index < -0.39 is 11.2 Å². The maximum atomic E-state index is 12.6. The molecule has 1 heterocycles. The van der Waals surface area contributed by atoms with Crippen molar-refractivity contribution in [1.29, 1.82) is 0 Å². The van der Waals surface area contributed by atoms with Crippen LogP contribution < -0.4 is 11.2 Å². The summed E-state index contributed by atoms with van der Waals surface area (Å²) >= 11 is 0. The molecule has 0 bridgehead atoms. The summed E-state index contributed by atoms with van der Waals surface area (Å²) in [6.45, 7) is 0. The Bertz CT molecular complexity index is 583. The molecule has 0 spiro atoms. The normalized spacial score (nSPS) is 10.2. The molecule has 0 aliphatic heterocycles. The van der Waals surface area contributed by atoms with E-state index >= 15 is 0 Å². The summed E-state index contributed by atoms with van der Waals surface area (Å²) in [5, 5.41) is 0. The van der Waals surface area contributed by atoms with Gasteiger partial charge >= 0.3 is 5.69 Å². The van der Waals surface area contributed by atoms with Crippen LogP contribution in [0.25, 0.3) is 11.1 Å². The predicted molar refractivity (Wildman–Crippen MR) is 53.1 cm³/mol. The Morgan fingerprint density at radius 2 is 1.73 bits per heavy atom. The molecule has 76 valence electrons. The van der Waals surface area contributed by atoms with Gasteiger partial charge in [-0.2, -0.15) is 0 Å². The number of aromatic nitrogens is 2. The van der Waals surface area contributed by atoms with Crippen LogP contribution in [-0.2, 0) is 0 Å². The van der Waals surface area contributed by atoms with Gasteiger partial charge in [-0.3, -0.25) is 9.78 Å². The number of aromatic amines is 2. The van der Waals surface area contributed by atoms with Crippen molar-refractivity contribution < 1.29 is 4.39 Å². The van der Waals surface area contributed by atoms with Crippen molar-refractivity contribution >= 4 is 0 Å². The number of hydrogen-bond acceptors (Lipinski definition) is 2. The van der Waals surface area contributed by atoms with Crippen LogP contribution in [0.2, 0.25) is 0 Å². The Labute approximate surface area is 83.4 Å². The summed E-state index contributed by atoms with van der Waals surface area (Å²) in [6, 6.07) is 5.44. The van der Waals surface area contributed by atoms with E-state index in [9.17, 15) is 14.0 Å². The largest absolute Gasteiger partial charge is 0.325 e. The fourth-order valence-corrected chi connectivity index (χ4v) is 1.25. The third-order valence-electron chi connectivity index (χ3n) is 1.97. The van der Waals surface area contributed by atoms with Gasteiger partial charge in [-0.1, -0.05) is 12.1 Å². The summed E-state index contributed by atoms with van der Waals surface area (Å²) in [4.78, 5) is 26.6. The summed E-state index contributed by atoms with van der Waals surface area (Å²) in [6.07, 6.45) is 1.30. The van der Waals surface area contributed by atoms with Crippen molar-refractivity contribution in [3.8, 4) is 11.1 Å². The zero-order chi connectivity index (χ0) is 10.8. The first-order chi connectivity index (χ1) is 7.16. The van der Waals surface area contributed by atoms with Gasteiger partial charge < -0.3 is 4.98 Å². The standard InChI is InChI=1S/C10H7FN2O2/c11-7-3-1-6(2-4-7)8-5-12-10(15)13-9(8)14/h1-5H,(H2,12,13,14,15). The smallest absolute Gasteiger partial charge is 0.313 e. The van der Waals surface area contributed by atoms with Crippen LogP contribution in [0.1, 0.15) is 0 Å². The topological polar surface area (TPSA) is 65.7 Å². The van der Waals surface area contributed by atoms with E-state index in [-0.39, 0.29) is 5.82 Å². The molecule has 1 aromatic carbocycles. The highest BCUT2D eigenvalue weighted by Gasteiger charge is 2.03. The van der Waals surface area contributed by atoms with Crippen molar-refractivity contribution in [2.75, 3.05) is 0 Å². The van der Waals surface area contributed by atoms with Gasteiger partial charge in [0.25, 0.3) is 5.56 Å². The Morgan fingerprint density at radius 3 is 2.33 bits per heavy atom. The zero-order valence-corrected chi connectivity index (χ0v) is 7.58. The fraction of sp³-hybridized carbons (Fsp3) is 0. The lowest BCUT2D eigenvalue weighted by molar-refractivity contribution is 0.628. The molecule has 2 rings (SSSR count). The first-order valence-electron chi connectivity index (χ1n) is 4.25. The molecule has 0 aliphatic carbocycles. The lowest BCUT2D eigenvalue weighted by Crippen LogP contribution is -2.22. The van der Waals surface area contributed by atoms with Crippen LogP contribution >= 0.6 is 0 Å². The Hall–Kier alpha value is -2.17. The molecule has 0 saturated heterocycles. The SMILES string of the molecule is O=c1[nH]cc(-c2ccc(F)cc2)c(=O)[nH]1. The monoisotopic (exact) mass is 206 g/mol. The number of rotatable bonds is 1. The highest BCUT2D eigenvalue weighted by atomic mass is 19.1. The summed E-state index contributed by atoms with van der Waals surface area (Å²) in [5.74, 6) is -0.375. The molecule has 0 saturated carbocycles. The molecule has 2 N–H and O–H groups in total. The van der Waals surface area contributed by atoms with Gasteiger partial charge in [-0.25, -0.2) is 9.18 Å². The van der Waals surface area contributed by atoms with E-state index in [4.69, 9.17) is 0 Å². The molecule has 0 radical (unpaired) electrons. The van der Waals surface area contributed by atoms with Crippen LogP contribution in [0.4, 0.5) is 4.39 Å². The van der Waals surface area contributed by atoms with Crippen LogP contribution in [0.5, 0.6) is 0 Å². The lowest BCUT2D eigenvalue weighted by atomic mass is 10.1. The molecule has 4 nitrogen and oxygen atoms in total.